The molecule has 1 aromatic carbocycles. The van der Waals surface area contributed by atoms with Gasteiger partial charge in [0.15, 0.2) is 23.2 Å². The van der Waals surface area contributed by atoms with Gasteiger partial charge >= 0.3 is 0 Å². The van der Waals surface area contributed by atoms with Crippen molar-refractivity contribution in [2.75, 3.05) is 5.32 Å². The molecule has 2 aliphatic rings. The number of nitrogens with zero attached hydrogens (tertiary/aromatic N) is 3. The third kappa shape index (κ3) is 3.22. The number of rotatable bonds is 5. The first-order valence-electron chi connectivity index (χ1n) is 9.18. The van der Waals surface area contributed by atoms with Gasteiger partial charge in [0.2, 0.25) is 5.82 Å². The zero-order valence-electron chi connectivity index (χ0n) is 15.4. The molecule has 2 N–H and O–H groups in total. The number of H-pyrrole nitrogens is 1. The normalized spacial score (nSPS) is 15.2. The Labute approximate surface area is 163 Å². The molecule has 0 radical (unpaired) electrons. The number of hydrogen-bond acceptors (Lipinski definition) is 5. The maximum Gasteiger partial charge on any atom is 0.261 e. The molecule has 0 saturated heterocycles. The predicted molar refractivity (Wildman–Crippen MR) is 99.6 cm³/mol. The number of ether oxygens (including phenoxy) is 1. The van der Waals surface area contributed by atoms with Gasteiger partial charge in [-0.05, 0) is 26.2 Å². The Bertz CT molecular complexity index is 1150. The van der Waals surface area contributed by atoms with Gasteiger partial charge in [-0.3, -0.25) is 5.10 Å². The highest BCUT2D eigenvalue weighted by atomic mass is 19.1. The molecule has 1 fully saturated rings. The molecule has 0 bridgehead atoms. The van der Waals surface area contributed by atoms with Crippen LogP contribution in [0.5, 0.6) is 11.6 Å². The molecule has 5 rings (SSSR count). The Morgan fingerprint density at radius 3 is 2.76 bits per heavy atom. The van der Waals surface area contributed by atoms with E-state index in [1.807, 2.05) is 0 Å². The second kappa shape index (κ2) is 6.61. The fourth-order valence-electron chi connectivity index (χ4n) is 3.38. The molecule has 3 aromatic rings. The second-order valence-electron chi connectivity index (χ2n) is 7.28. The van der Waals surface area contributed by atoms with E-state index in [0.717, 1.165) is 36.5 Å². The van der Waals surface area contributed by atoms with Gasteiger partial charge in [0, 0.05) is 34.9 Å². The molecule has 2 aromatic heterocycles. The average molecular weight is 399 g/mol. The first-order chi connectivity index (χ1) is 14.0. The summed E-state index contributed by atoms with van der Waals surface area (Å²) in [6.07, 6.45) is 5.15. The Morgan fingerprint density at radius 1 is 1.14 bits per heavy atom. The van der Waals surface area contributed by atoms with Crippen molar-refractivity contribution >= 4 is 17.7 Å². The van der Waals surface area contributed by atoms with E-state index in [4.69, 9.17) is 4.74 Å². The number of benzene rings is 1. The molecule has 0 amide bonds. The SMILES string of the molecule is CC1=Cc2c(F)c(Oc3ncnc(Nc4cc(C5CC5)[nH]n4)c3F)cc(F)c2C1. The number of allylic oxidation sites excluding steroid dienone is 1. The number of nitrogens with one attached hydrogen (secondary N) is 2. The van der Waals surface area contributed by atoms with Crippen LogP contribution in [0.15, 0.2) is 24.0 Å². The van der Waals surface area contributed by atoms with Gasteiger partial charge in [-0.2, -0.15) is 14.5 Å². The van der Waals surface area contributed by atoms with Crippen LogP contribution in [0.3, 0.4) is 0 Å². The van der Waals surface area contributed by atoms with Gasteiger partial charge < -0.3 is 10.1 Å². The van der Waals surface area contributed by atoms with Crippen LogP contribution < -0.4 is 10.1 Å². The Kier molecular flexibility index (Phi) is 4.04. The molecular weight excluding hydrogens is 383 g/mol. The zero-order chi connectivity index (χ0) is 20.1. The molecule has 0 atom stereocenters. The van der Waals surface area contributed by atoms with Crippen LogP contribution in [-0.4, -0.2) is 20.2 Å². The van der Waals surface area contributed by atoms with E-state index < -0.39 is 29.1 Å². The van der Waals surface area contributed by atoms with Gasteiger partial charge in [-0.15, -0.1) is 0 Å². The number of aromatic nitrogens is 4. The zero-order valence-corrected chi connectivity index (χ0v) is 15.4. The van der Waals surface area contributed by atoms with Gasteiger partial charge in [0.25, 0.3) is 5.88 Å². The summed E-state index contributed by atoms with van der Waals surface area (Å²) in [4.78, 5) is 7.56. The number of halogens is 3. The van der Waals surface area contributed by atoms with Gasteiger partial charge in [-0.1, -0.05) is 11.6 Å². The molecule has 0 aliphatic heterocycles. The summed E-state index contributed by atoms with van der Waals surface area (Å²) in [5.41, 5.74) is 2.19. The summed E-state index contributed by atoms with van der Waals surface area (Å²) in [7, 11) is 0. The minimum atomic E-state index is -0.935. The average Bonchev–Trinajstić information content (AvgIpc) is 3.31. The van der Waals surface area contributed by atoms with E-state index in [1.165, 1.54) is 0 Å². The van der Waals surface area contributed by atoms with Crippen molar-refractivity contribution in [3.63, 3.8) is 0 Å². The standard InChI is InChI=1S/C20H16F3N5O/c1-9-4-11-12(5-9)17(22)15(6-13(11)21)29-20-18(23)19(24-8-25-20)26-16-7-14(27-28-16)10-2-3-10/h5-8,10H,2-4H2,1H3,(H2,24,25,26,27,28). The van der Waals surface area contributed by atoms with Crippen molar-refractivity contribution in [1.82, 2.24) is 20.2 Å². The summed E-state index contributed by atoms with van der Waals surface area (Å²) >= 11 is 0. The molecule has 0 unspecified atom stereocenters. The Morgan fingerprint density at radius 2 is 1.97 bits per heavy atom. The van der Waals surface area contributed by atoms with Crippen molar-refractivity contribution in [3.05, 3.63) is 58.3 Å². The van der Waals surface area contributed by atoms with E-state index in [0.29, 0.717) is 18.2 Å². The van der Waals surface area contributed by atoms with Crippen LogP contribution in [0.1, 0.15) is 42.5 Å². The van der Waals surface area contributed by atoms with Crippen LogP contribution in [0.2, 0.25) is 0 Å². The Hall–Kier alpha value is -3.36. The molecule has 2 aliphatic carbocycles. The first-order valence-corrected chi connectivity index (χ1v) is 9.18. The lowest BCUT2D eigenvalue weighted by Gasteiger charge is -2.11. The summed E-state index contributed by atoms with van der Waals surface area (Å²) in [5.74, 6) is -2.58. The molecule has 2 heterocycles. The van der Waals surface area contributed by atoms with Gasteiger partial charge in [-0.25, -0.2) is 13.8 Å². The van der Waals surface area contributed by atoms with Crippen LogP contribution in [0.25, 0.3) is 6.08 Å². The van der Waals surface area contributed by atoms with Crippen LogP contribution in [0.4, 0.5) is 24.8 Å². The van der Waals surface area contributed by atoms with Gasteiger partial charge in [0.1, 0.15) is 12.1 Å². The Balaban J connectivity index is 1.43. The fraction of sp³-hybridized carbons (Fsp3) is 0.250. The molecule has 0 spiro atoms. The largest absolute Gasteiger partial charge is 0.433 e. The van der Waals surface area contributed by atoms with E-state index in [1.54, 1.807) is 19.1 Å². The summed E-state index contributed by atoms with van der Waals surface area (Å²) in [5, 5.41) is 9.73. The van der Waals surface area contributed by atoms with E-state index >= 15 is 0 Å². The quantitative estimate of drug-likeness (QED) is 0.632. The molecule has 1 saturated carbocycles. The lowest BCUT2D eigenvalue weighted by molar-refractivity contribution is 0.393. The first kappa shape index (κ1) is 17.7. The van der Waals surface area contributed by atoms with Crippen molar-refractivity contribution in [3.8, 4) is 11.6 Å². The summed E-state index contributed by atoms with van der Waals surface area (Å²) < 4.78 is 49.1. The summed E-state index contributed by atoms with van der Waals surface area (Å²) in [6.45, 7) is 1.78. The molecule has 29 heavy (non-hydrogen) atoms. The van der Waals surface area contributed by atoms with Crippen LogP contribution >= 0.6 is 0 Å². The van der Waals surface area contributed by atoms with Crippen molar-refractivity contribution in [1.29, 1.82) is 0 Å². The lowest BCUT2D eigenvalue weighted by Crippen LogP contribution is -2.03. The number of fused-ring (bicyclic) bond motifs is 1. The van der Waals surface area contributed by atoms with Crippen molar-refractivity contribution < 1.29 is 17.9 Å². The van der Waals surface area contributed by atoms with E-state index in [2.05, 4.69) is 25.5 Å². The van der Waals surface area contributed by atoms with Crippen LogP contribution in [-0.2, 0) is 6.42 Å². The van der Waals surface area contributed by atoms with Crippen molar-refractivity contribution in [2.45, 2.75) is 32.1 Å². The van der Waals surface area contributed by atoms with Gasteiger partial charge in [0.05, 0.1) is 0 Å². The number of aromatic amines is 1. The molecule has 148 valence electrons. The maximum absolute atomic E-state index is 14.8. The fourth-order valence-corrected chi connectivity index (χ4v) is 3.38. The topological polar surface area (TPSA) is 75.7 Å². The highest BCUT2D eigenvalue weighted by molar-refractivity contribution is 5.66. The van der Waals surface area contributed by atoms with Crippen LogP contribution in [0, 0.1) is 17.5 Å². The monoisotopic (exact) mass is 399 g/mol. The van der Waals surface area contributed by atoms with E-state index in [9.17, 15) is 13.2 Å². The smallest absolute Gasteiger partial charge is 0.261 e. The molecule has 6 nitrogen and oxygen atoms in total. The third-order valence-corrected chi connectivity index (χ3v) is 5.00. The molecular formula is C20H16F3N5O. The number of anilines is 2. The lowest BCUT2D eigenvalue weighted by atomic mass is 10.1. The highest BCUT2D eigenvalue weighted by Gasteiger charge is 2.26. The summed E-state index contributed by atoms with van der Waals surface area (Å²) in [6, 6.07) is 2.69. The molecule has 9 heteroatoms. The maximum atomic E-state index is 14.8. The van der Waals surface area contributed by atoms with E-state index in [-0.39, 0.29) is 16.9 Å². The highest BCUT2D eigenvalue weighted by Crippen LogP contribution is 2.40. The van der Waals surface area contributed by atoms with Crippen molar-refractivity contribution in [2.24, 2.45) is 0 Å². The number of hydrogen-bond donors (Lipinski definition) is 2. The third-order valence-electron chi connectivity index (χ3n) is 5.00. The minimum absolute atomic E-state index is 0.120. The second-order valence-corrected chi connectivity index (χ2v) is 7.28. The predicted octanol–water partition coefficient (Wildman–Crippen LogP) is 4.99. The minimum Gasteiger partial charge on any atom is -0.433 e.